The van der Waals surface area contributed by atoms with E-state index in [0.29, 0.717) is 12.2 Å². The Balaban J connectivity index is 1.85. The molecule has 0 saturated carbocycles. The number of rotatable bonds is 7. The Kier molecular flexibility index (Phi) is 5.00. The number of thiazole rings is 1. The van der Waals surface area contributed by atoms with Crippen molar-refractivity contribution < 1.29 is 9.90 Å². The van der Waals surface area contributed by atoms with Gasteiger partial charge in [0.2, 0.25) is 0 Å². The summed E-state index contributed by atoms with van der Waals surface area (Å²) in [7, 11) is 0. The number of H-pyrrole nitrogens is 1. The van der Waals surface area contributed by atoms with Crippen molar-refractivity contribution in [3.63, 3.8) is 0 Å². The molecule has 8 nitrogen and oxygen atoms in total. The quantitative estimate of drug-likeness (QED) is 0.691. The Hall–Kier alpha value is -2.13. The fraction of sp³-hybridized carbons (Fsp3) is 0.533. The zero-order valence-corrected chi connectivity index (χ0v) is 14.4. The van der Waals surface area contributed by atoms with Crippen LogP contribution in [0.5, 0.6) is 0 Å². The predicted molar refractivity (Wildman–Crippen MR) is 89.5 cm³/mol. The lowest BCUT2D eigenvalue weighted by molar-refractivity contribution is -0.144. The van der Waals surface area contributed by atoms with Crippen LogP contribution in [0.15, 0.2) is 11.5 Å². The lowest BCUT2D eigenvalue weighted by Crippen LogP contribution is -2.29. The van der Waals surface area contributed by atoms with Crippen molar-refractivity contribution in [2.24, 2.45) is 11.8 Å². The second-order valence-corrected chi connectivity index (χ2v) is 7.05. The largest absolute Gasteiger partial charge is 0.481 e. The van der Waals surface area contributed by atoms with E-state index in [2.05, 4.69) is 37.0 Å². The first-order valence-corrected chi connectivity index (χ1v) is 8.75. The summed E-state index contributed by atoms with van der Waals surface area (Å²) in [6.45, 7) is 5.48. The lowest BCUT2D eigenvalue weighted by atomic mass is 9.80. The van der Waals surface area contributed by atoms with E-state index in [1.54, 1.807) is 11.3 Å². The van der Waals surface area contributed by atoms with E-state index in [9.17, 15) is 9.90 Å². The highest BCUT2D eigenvalue weighted by atomic mass is 32.1. The van der Waals surface area contributed by atoms with Gasteiger partial charge in [-0.1, -0.05) is 25.1 Å². The summed E-state index contributed by atoms with van der Waals surface area (Å²) >= 11 is 1.58. The number of tetrazole rings is 1. The van der Waals surface area contributed by atoms with Crippen LogP contribution in [0.2, 0.25) is 0 Å². The molecule has 3 rings (SSSR count). The molecule has 2 aromatic heterocycles. The Morgan fingerprint density at radius 1 is 1.46 bits per heavy atom. The molecule has 3 heterocycles. The molecule has 2 aromatic rings. The summed E-state index contributed by atoms with van der Waals surface area (Å²) in [6, 6.07) is 0. The minimum absolute atomic E-state index is 0.0501. The molecule has 0 spiro atoms. The fourth-order valence-electron chi connectivity index (χ4n) is 3.04. The van der Waals surface area contributed by atoms with Crippen molar-refractivity contribution in [3.8, 4) is 0 Å². The molecule has 0 aliphatic carbocycles. The number of carboxylic acid groups (broad SMARTS) is 1. The molecule has 0 radical (unpaired) electrons. The third-order valence-electron chi connectivity index (χ3n) is 4.19. The lowest BCUT2D eigenvalue weighted by Gasteiger charge is -2.23. The van der Waals surface area contributed by atoms with E-state index in [4.69, 9.17) is 0 Å². The van der Waals surface area contributed by atoms with Gasteiger partial charge in [-0.05, 0) is 11.5 Å². The molecule has 0 fully saturated rings. The highest BCUT2D eigenvalue weighted by Gasteiger charge is 2.35. The SMILES string of the molecule is CC(C)C(C(=O)O)[C@H](Cc1csc(C2=CCNC2)n1)c1nn[nH]n1. The van der Waals surface area contributed by atoms with E-state index < -0.39 is 11.9 Å². The van der Waals surface area contributed by atoms with Gasteiger partial charge < -0.3 is 10.4 Å². The van der Waals surface area contributed by atoms with Gasteiger partial charge in [-0.25, -0.2) is 4.98 Å². The summed E-state index contributed by atoms with van der Waals surface area (Å²) in [5.74, 6) is -1.44. The molecule has 2 atom stereocenters. The van der Waals surface area contributed by atoms with Gasteiger partial charge in [0.05, 0.1) is 11.6 Å². The second kappa shape index (κ2) is 7.18. The minimum Gasteiger partial charge on any atom is -0.481 e. The standard InChI is InChI=1S/C15H20N6O2S/c1-8(2)12(15(22)23)11(13-18-20-21-19-13)5-10-7-24-14(17-10)9-3-4-16-6-9/h3,7-8,11-12,16H,4-6H2,1-2H3,(H,22,23)(H,18,19,20,21)/t11-,12?/m0/s1. The van der Waals surface area contributed by atoms with Crippen LogP contribution in [-0.4, -0.2) is 49.8 Å². The van der Waals surface area contributed by atoms with Crippen LogP contribution in [-0.2, 0) is 11.2 Å². The van der Waals surface area contributed by atoms with Crippen LogP contribution >= 0.6 is 11.3 Å². The number of carboxylic acids is 1. The van der Waals surface area contributed by atoms with Gasteiger partial charge in [0.15, 0.2) is 5.82 Å². The van der Waals surface area contributed by atoms with Gasteiger partial charge in [0.25, 0.3) is 0 Å². The van der Waals surface area contributed by atoms with Crippen molar-refractivity contribution in [1.82, 2.24) is 30.9 Å². The maximum absolute atomic E-state index is 11.8. The molecule has 3 N–H and O–H groups in total. The second-order valence-electron chi connectivity index (χ2n) is 6.19. The van der Waals surface area contributed by atoms with Crippen LogP contribution < -0.4 is 5.32 Å². The van der Waals surface area contributed by atoms with Gasteiger partial charge >= 0.3 is 5.97 Å². The maximum Gasteiger partial charge on any atom is 0.307 e. The summed E-state index contributed by atoms with van der Waals surface area (Å²) in [4.78, 5) is 16.4. The summed E-state index contributed by atoms with van der Waals surface area (Å²) in [5.41, 5.74) is 2.06. The van der Waals surface area contributed by atoms with Gasteiger partial charge in [0.1, 0.15) is 5.01 Å². The van der Waals surface area contributed by atoms with E-state index in [0.717, 1.165) is 23.8 Å². The highest BCUT2D eigenvalue weighted by molar-refractivity contribution is 7.10. The van der Waals surface area contributed by atoms with Crippen LogP contribution in [0.25, 0.3) is 5.57 Å². The third kappa shape index (κ3) is 3.51. The fourth-order valence-corrected chi connectivity index (χ4v) is 3.91. The first kappa shape index (κ1) is 16.7. The van der Waals surface area contributed by atoms with E-state index in [1.807, 2.05) is 19.2 Å². The van der Waals surface area contributed by atoms with Crippen LogP contribution in [0, 0.1) is 11.8 Å². The van der Waals surface area contributed by atoms with Gasteiger partial charge in [-0.15, -0.1) is 21.5 Å². The normalized spacial score (nSPS) is 17.0. The van der Waals surface area contributed by atoms with Crippen LogP contribution in [0.4, 0.5) is 0 Å². The zero-order chi connectivity index (χ0) is 17.1. The Bertz CT molecular complexity index is 724. The number of aliphatic carboxylic acids is 1. The molecule has 0 saturated heterocycles. The molecule has 1 unspecified atom stereocenters. The number of nitrogens with zero attached hydrogens (tertiary/aromatic N) is 4. The number of nitrogens with one attached hydrogen (secondary N) is 2. The minimum atomic E-state index is -0.849. The number of aromatic nitrogens is 5. The van der Waals surface area contributed by atoms with Crippen molar-refractivity contribution in [2.75, 3.05) is 13.1 Å². The zero-order valence-electron chi connectivity index (χ0n) is 13.6. The Morgan fingerprint density at radius 2 is 2.29 bits per heavy atom. The first-order valence-electron chi connectivity index (χ1n) is 7.87. The Morgan fingerprint density at radius 3 is 2.88 bits per heavy atom. The molecule has 0 bridgehead atoms. The first-order chi connectivity index (χ1) is 11.6. The molecule has 0 aromatic carbocycles. The van der Waals surface area contributed by atoms with E-state index >= 15 is 0 Å². The molecular formula is C15H20N6O2S. The molecule has 24 heavy (non-hydrogen) atoms. The van der Waals surface area contributed by atoms with Crippen LogP contribution in [0.1, 0.15) is 36.3 Å². The van der Waals surface area contributed by atoms with Crippen molar-refractivity contribution in [2.45, 2.75) is 26.2 Å². The number of hydrogen-bond donors (Lipinski definition) is 3. The summed E-state index contributed by atoms with van der Waals surface area (Å²) in [5, 5.41) is 29.9. The molecule has 1 aliphatic heterocycles. The molecular weight excluding hydrogens is 328 g/mol. The molecule has 128 valence electrons. The Labute approximate surface area is 143 Å². The average molecular weight is 348 g/mol. The van der Waals surface area contributed by atoms with Crippen LogP contribution in [0.3, 0.4) is 0 Å². The highest BCUT2D eigenvalue weighted by Crippen LogP contribution is 2.32. The molecule has 9 heteroatoms. The molecule has 1 aliphatic rings. The predicted octanol–water partition coefficient (Wildman–Crippen LogP) is 1.33. The van der Waals surface area contributed by atoms with Gasteiger partial charge in [-0.2, -0.15) is 5.21 Å². The third-order valence-corrected chi connectivity index (χ3v) is 5.16. The molecule has 0 amide bonds. The smallest absolute Gasteiger partial charge is 0.307 e. The number of hydrogen-bond acceptors (Lipinski definition) is 7. The van der Waals surface area contributed by atoms with Crippen molar-refractivity contribution in [1.29, 1.82) is 0 Å². The average Bonchev–Trinajstić information content (AvgIpc) is 3.27. The van der Waals surface area contributed by atoms with E-state index in [-0.39, 0.29) is 11.8 Å². The monoisotopic (exact) mass is 348 g/mol. The van der Waals surface area contributed by atoms with Gasteiger partial charge in [0, 0.05) is 30.8 Å². The number of aromatic amines is 1. The van der Waals surface area contributed by atoms with Crippen molar-refractivity contribution in [3.05, 3.63) is 28.0 Å². The topological polar surface area (TPSA) is 117 Å². The summed E-state index contributed by atoms with van der Waals surface area (Å²) < 4.78 is 0. The van der Waals surface area contributed by atoms with E-state index in [1.165, 1.54) is 5.57 Å². The summed E-state index contributed by atoms with van der Waals surface area (Å²) in [6.07, 6.45) is 2.61. The number of carbonyl (C=O) groups is 1. The van der Waals surface area contributed by atoms with Crippen molar-refractivity contribution >= 4 is 22.9 Å². The van der Waals surface area contributed by atoms with Gasteiger partial charge in [-0.3, -0.25) is 4.79 Å². The maximum atomic E-state index is 11.8.